The maximum Gasteiger partial charge on any atom is 0.193 e. The van der Waals surface area contributed by atoms with Gasteiger partial charge in [-0.1, -0.05) is 30.3 Å². The van der Waals surface area contributed by atoms with Crippen molar-refractivity contribution in [2.75, 3.05) is 25.6 Å². The van der Waals surface area contributed by atoms with Crippen LogP contribution in [-0.2, 0) is 11.2 Å². The zero-order chi connectivity index (χ0) is 18.2. The largest absolute Gasteiger partial charge is 0.497 e. The van der Waals surface area contributed by atoms with E-state index >= 15 is 0 Å². The second-order valence-electron chi connectivity index (χ2n) is 6.43. The van der Waals surface area contributed by atoms with Crippen LogP contribution in [0.25, 0.3) is 0 Å². The number of methoxy groups -OCH3 is 1. The van der Waals surface area contributed by atoms with Gasteiger partial charge in [-0.15, -0.1) is 24.0 Å². The van der Waals surface area contributed by atoms with Crippen LogP contribution in [0.3, 0.4) is 0 Å². The molecule has 0 aliphatic heterocycles. The molecule has 146 valence electrons. The molecular weight excluding hydrogens is 453 g/mol. The smallest absolute Gasteiger partial charge is 0.193 e. The molecule has 3 rings (SSSR count). The SMILES string of the molecule is COc1cccc(NC(N)=NCCCOC2CCCc3ccccc32)c1.I. The predicted octanol–water partition coefficient (Wildman–Crippen LogP) is 4.52. The van der Waals surface area contributed by atoms with Gasteiger partial charge < -0.3 is 20.5 Å². The Bertz CT molecular complexity index is 752. The molecule has 0 aromatic heterocycles. The Morgan fingerprint density at radius 2 is 2.07 bits per heavy atom. The van der Waals surface area contributed by atoms with Crippen molar-refractivity contribution in [2.24, 2.45) is 10.7 Å². The zero-order valence-corrected chi connectivity index (χ0v) is 18.0. The predicted molar refractivity (Wildman–Crippen MR) is 121 cm³/mol. The third kappa shape index (κ3) is 6.39. The third-order valence-corrected chi connectivity index (χ3v) is 4.56. The molecule has 0 fully saturated rings. The highest BCUT2D eigenvalue weighted by atomic mass is 127. The number of fused-ring (bicyclic) bond motifs is 1. The van der Waals surface area contributed by atoms with Gasteiger partial charge in [-0.05, 0) is 48.9 Å². The monoisotopic (exact) mass is 481 g/mol. The van der Waals surface area contributed by atoms with Crippen LogP contribution in [0.15, 0.2) is 53.5 Å². The Balaban J connectivity index is 0.00000261. The number of aliphatic imine (C=N–C) groups is 1. The zero-order valence-electron chi connectivity index (χ0n) is 15.7. The fourth-order valence-electron chi connectivity index (χ4n) is 3.26. The highest BCUT2D eigenvalue weighted by molar-refractivity contribution is 14.0. The number of nitrogens with one attached hydrogen (secondary N) is 1. The lowest BCUT2D eigenvalue weighted by Gasteiger charge is -2.25. The number of hydrogen-bond acceptors (Lipinski definition) is 3. The minimum Gasteiger partial charge on any atom is -0.497 e. The molecule has 1 aliphatic rings. The van der Waals surface area contributed by atoms with Crippen molar-refractivity contribution in [3.63, 3.8) is 0 Å². The van der Waals surface area contributed by atoms with Crippen molar-refractivity contribution < 1.29 is 9.47 Å². The Kier molecular flexibility index (Phi) is 8.87. The summed E-state index contributed by atoms with van der Waals surface area (Å²) in [5.41, 5.74) is 9.58. The molecule has 0 amide bonds. The van der Waals surface area contributed by atoms with E-state index in [9.17, 15) is 0 Å². The van der Waals surface area contributed by atoms with Gasteiger partial charge in [0.1, 0.15) is 5.75 Å². The Morgan fingerprint density at radius 1 is 1.22 bits per heavy atom. The van der Waals surface area contributed by atoms with Gasteiger partial charge in [0.25, 0.3) is 0 Å². The Morgan fingerprint density at radius 3 is 2.93 bits per heavy atom. The second-order valence-corrected chi connectivity index (χ2v) is 6.43. The molecule has 2 aromatic rings. The van der Waals surface area contributed by atoms with Crippen LogP contribution in [0.2, 0.25) is 0 Å². The summed E-state index contributed by atoms with van der Waals surface area (Å²) in [6.45, 7) is 1.33. The summed E-state index contributed by atoms with van der Waals surface area (Å²) >= 11 is 0. The first-order valence-corrected chi connectivity index (χ1v) is 9.16. The van der Waals surface area contributed by atoms with E-state index < -0.39 is 0 Å². The molecule has 0 bridgehead atoms. The van der Waals surface area contributed by atoms with E-state index in [2.05, 4.69) is 34.6 Å². The lowest BCUT2D eigenvalue weighted by atomic mass is 9.89. The number of anilines is 1. The minimum absolute atomic E-state index is 0. The van der Waals surface area contributed by atoms with Gasteiger partial charge in [-0.2, -0.15) is 0 Å². The van der Waals surface area contributed by atoms with Crippen LogP contribution >= 0.6 is 24.0 Å². The van der Waals surface area contributed by atoms with Gasteiger partial charge in [0.15, 0.2) is 5.96 Å². The number of nitrogens with zero attached hydrogens (tertiary/aromatic N) is 1. The summed E-state index contributed by atoms with van der Waals surface area (Å²) in [6, 6.07) is 16.2. The number of halogens is 1. The van der Waals surface area contributed by atoms with Crippen molar-refractivity contribution in [3.8, 4) is 5.75 Å². The molecule has 0 spiro atoms. The summed E-state index contributed by atoms with van der Waals surface area (Å²) < 4.78 is 11.3. The first-order valence-electron chi connectivity index (χ1n) is 9.16. The first-order chi connectivity index (χ1) is 12.8. The van der Waals surface area contributed by atoms with Crippen LogP contribution in [-0.4, -0.2) is 26.2 Å². The van der Waals surface area contributed by atoms with E-state index in [0.717, 1.165) is 30.7 Å². The van der Waals surface area contributed by atoms with Gasteiger partial charge in [-0.25, -0.2) is 0 Å². The van der Waals surface area contributed by atoms with Crippen LogP contribution in [0, 0.1) is 0 Å². The van der Waals surface area contributed by atoms with E-state index in [4.69, 9.17) is 15.2 Å². The van der Waals surface area contributed by atoms with E-state index in [0.29, 0.717) is 19.1 Å². The summed E-state index contributed by atoms with van der Waals surface area (Å²) in [5, 5.41) is 3.08. The maximum atomic E-state index is 6.09. The lowest BCUT2D eigenvalue weighted by molar-refractivity contribution is 0.0403. The molecule has 5 nitrogen and oxygen atoms in total. The van der Waals surface area contributed by atoms with Crippen LogP contribution in [0.5, 0.6) is 5.75 Å². The first kappa shape index (κ1) is 21.5. The van der Waals surface area contributed by atoms with Crippen molar-refractivity contribution in [1.29, 1.82) is 0 Å². The average molecular weight is 481 g/mol. The average Bonchev–Trinajstić information content (AvgIpc) is 2.68. The highest BCUT2D eigenvalue weighted by Gasteiger charge is 2.19. The van der Waals surface area contributed by atoms with E-state index in [1.807, 2.05) is 24.3 Å². The Labute approximate surface area is 178 Å². The van der Waals surface area contributed by atoms with Gasteiger partial charge in [-0.3, -0.25) is 4.99 Å². The molecule has 1 aliphatic carbocycles. The number of hydrogen-bond donors (Lipinski definition) is 2. The molecule has 3 N–H and O–H groups in total. The number of benzene rings is 2. The van der Waals surface area contributed by atoms with E-state index in [1.54, 1.807) is 7.11 Å². The number of guanidine groups is 1. The van der Waals surface area contributed by atoms with E-state index in [1.165, 1.54) is 17.5 Å². The lowest BCUT2D eigenvalue weighted by Crippen LogP contribution is -2.23. The molecule has 27 heavy (non-hydrogen) atoms. The van der Waals surface area contributed by atoms with Crippen LogP contribution in [0.4, 0.5) is 5.69 Å². The second kappa shape index (κ2) is 11.1. The van der Waals surface area contributed by atoms with Gasteiger partial charge in [0, 0.05) is 24.9 Å². The summed E-state index contributed by atoms with van der Waals surface area (Å²) in [4.78, 5) is 4.36. The van der Waals surface area contributed by atoms with Crippen molar-refractivity contribution in [2.45, 2.75) is 31.8 Å². The third-order valence-electron chi connectivity index (χ3n) is 4.56. The number of nitrogens with two attached hydrogens (primary N) is 1. The molecule has 0 saturated heterocycles. The minimum atomic E-state index is 0. The highest BCUT2D eigenvalue weighted by Crippen LogP contribution is 2.32. The van der Waals surface area contributed by atoms with Crippen molar-refractivity contribution >= 4 is 35.6 Å². The number of aryl methyl sites for hydroxylation is 1. The molecule has 0 saturated carbocycles. The number of ether oxygens (including phenoxy) is 2. The van der Waals surface area contributed by atoms with Gasteiger partial charge in [0.05, 0.1) is 13.2 Å². The molecule has 6 heteroatoms. The van der Waals surface area contributed by atoms with Gasteiger partial charge in [0.2, 0.25) is 0 Å². The molecule has 0 radical (unpaired) electrons. The summed E-state index contributed by atoms with van der Waals surface area (Å²) in [6.07, 6.45) is 4.51. The molecular formula is C21H28IN3O2. The maximum absolute atomic E-state index is 6.09. The molecule has 2 aromatic carbocycles. The molecule has 0 heterocycles. The molecule has 1 atom stereocenters. The topological polar surface area (TPSA) is 68.9 Å². The normalized spacial score (nSPS) is 16.2. The van der Waals surface area contributed by atoms with Crippen LogP contribution in [0.1, 0.15) is 36.5 Å². The van der Waals surface area contributed by atoms with E-state index in [-0.39, 0.29) is 30.1 Å². The Hall–Kier alpha value is -1.80. The summed E-state index contributed by atoms with van der Waals surface area (Å²) in [7, 11) is 1.64. The van der Waals surface area contributed by atoms with Crippen molar-refractivity contribution in [3.05, 3.63) is 59.7 Å². The van der Waals surface area contributed by atoms with Gasteiger partial charge >= 0.3 is 0 Å². The van der Waals surface area contributed by atoms with Crippen molar-refractivity contribution in [1.82, 2.24) is 0 Å². The fourth-order valence-corrected chi connectivity index (χ4v) is 3.26. The standard InChI is InChI=1S/C21H27N3O2.HI/c1-25-18-10-5-9-17(15-18)24-21(22)23-13-6-14-26-20-12-4-8-16-7-2-3-11-19(16)20;/h2-3,5,7,9-11,15,20H,4,6,8,12-14H2,1H3,(H3,22,23,24);1H. The van der Waals surface area contributed by atoms with Crippen LogP contribution < -0.4 is 15.8 Å². The summed E-state index contributed by atoms with van der Waals surface area (Å²) in [5.74, 6) is 1.19. The fraction of sp³-hybridized carbons (Fsp3) is 0.381. The number of rotatable bonds is 7. The molecule has 1 unspecified atom stereocenters. The quantitative estimate of drug-likeness (QED) is 0.264.